The summed E-state index contributed by atoms with van der Waals surface area (Å²) in [4.78, 5) is 1.94. The van der Waals surface area contributed by atoms with E-state index in [-0.39, 0.29) is 10.9 Å². The molecule has 0 fully saturated rings. The van der Waals surface area contributed by atoms with Crippen molar-refractivity contribution in [2.24, 2.45) is 15.9 Å². The second-order valence-electron chi connectivity index (χ2n) is 5.62. The highest BCUT2D eigenvalue weighted by Crippen LogP contribution is 2.11. The first-order valence-corrected chi connectivity index (χ1v) is 9.15. The maximum absolute atomic E-state index is 10.5. The van der Waals surface area contributed by atoms with Crippen LogP contribution in [0.4, 0.5) is 5.69 Å². The van der Waals surface area contributed by atoms with Crippen LogP contribution in [0, 0.1) is 6.92 Å². The Bertz CT molecular complexity index is 877. The van der Waals surface area contributed by atoms with Gasteiger partial charge in [0.05, 0.1) is 11.1 Å². The monoisotopic (exact) mass is 393 g/mol. The van der Waals surface area contributed by atoms with Gasteiger partial charge in [-0.2, -0.15) is 13.5 Å². The van der Waals surface area contributed by atoms with Crippen molar-refractivity contribution in [2.75, 3.05) is 19.0 Å². The van der Waals surface area contributed by atoms with Crippen LogP contribution in [0.2, 0.25) is 0 Å². The Morgan fingerprint density at radius 3 is 2.11 bits per heavy atom. The molecular weight excluding hydrogens is 370 g/mol. The van der Waals surface area contributed by atoms with Gasteiger partial charge in [0.2, 0.25) is 5.96 Å². The van der Waals surface area contributed by atoms with Crippen molar-refractivity contribution in [2.45, 2.75) is 11.8 Å². The highest BCUT2D eigenvalue weighted by Gasteiger charge is 2.06. The molecule has 0 saturated carbocycles. The number of rotatable bonds is 4. The van der Waals surface area contributed by atoms with Gasteiger partial charge in [-0.25, -0.2) is 5.48 Å². The second-order valence-corrected chi connectivity index (χ2v) is 7.04. The van der Waals surface area contributed by atoms with Crippen LogP contribution in [0.1, 0.15) is 11.1 Å². The topological polar surface area (TPSA) is 141 Å². The van der Waals surface area contributed by atoms with Crippen LogP contribution in [0.5, 0.6) is 0 Å². The number of nitrogens with two attached hydrogens (primary N) is 1. The van der Waals surface area contributed by atoms with E-state index in [0.29, 0.717) is 0 Å². The number of nitrogens with zero attached hydrogens (tertiary/aromatic N) is 3. The third kappa shape index (κ3) is 8.31. The highest BCUT2D eigenvalue weighted by molar-refractivity contribution is 7.85. The van der Waals surface area contributed by atoms with Crippen molar-refractivity contribution >= 4 is 28.0 Å². The largest absolute Gasteiger partial charge is 0.378 e. The number of hydroxylamine groups is 1. The summed E-state index contributed by atoms with van der Waals surface area (Å²) in [6.07, 6.45) is 1.55. The molecule has 146 valence electrons. The standard InChI is InChI=1S/C10H15N5O.C7H8O3S/c1-15(2)9-5-3-8(4-6-9)7-12-13-10(11)14-16;1-6-2-4-7(5-3-6)11(8,9)10/h3-7,16H,1-2H3,(H3,11,13,14);2-5H,1H3,(H,8,9,10). The fraction of sp³-hybridized carbons (Fsp3) is 0.176. The lowest BCUT2D eigenvalue weighted by molar-refractivity contribution is 0.232. The van der Waals surface area contributed by atoms with Crippen molar-refractivity contribution in [3.8, 4) is 0 Å². The minimum atomic E-state index is -4.02. The van der Waals surface area contributed by atoms with Crippen molar-refractivity contribution < 1.29 is 18.2 Å². The molecule has 0 atom stereocenters. The molecule has 9 nitrogen and oxygen atoms in total. The van der Waals surface area contributed by atoms with Crippen LogP contribution < -0.4 is 16.1 Å². The fourth-order valence-electron chi connectivity index (χ4n) is 1.75. The molecule has 0 spiro atoms. The van der Waals surface area contributed by atoms with Gasteiger partial charge in [-0.1, -0.05) is 29.8 Å². The summed E-state index contributed by atoms with van der Waals surface area (Å²) in [5.74, 6) is -0.152. The molecule has 2 aromatic rings. The number of hydrogen-bond donors (Lipinski definition) is 4. The zero-order valence-electron chi connectivity index (χ0n) is 15.2. The van der Waals surface area contributed by atoms with Gasteiger partial charge in [0, 0.05) is 19.8 Å². The van der Waals surface area contributed by atoms with Crippen LogP contribution in [-0.2, 0) is 10.1 Å². The van der Waals surface area contributed by atoms with E-state index in [1.165, 1.54) is 12.1 Å². The Kier molecular flexibility index (Phi) is 8.39. The first-order chi connectivity index (χ1) is 12.6. The summed E-state index contributed by atoms with van der Waals surface area (Å²) in [6.45, 7) is 1.84. The lowest BCUT2D eigenvalue weighted by Gasteiger charge is -2.11. The van der Waals surface area contributed by atoms with Crippen LogP contribution in [0.25, 0.3) is 0 Å². The fourth-order valence-corrected chi connectivity index (χ4v) is 2.23. The van der Waals surface area contributed by atoms with Gasteiger partial charge in [0.1, 0.15) is 0 Å². The Hall–Kier alpha value is -2.95. The van der Waals surface area contributed by atoms with Crippen molar-refractivity contribution in [3.05, 3.63) is 59.7 Å². The Morgan fingerprint density at radius 1 is 1.11 bits per heavy atom. The minimum absolute atomic E-state index is 0.0666. The highest BCUT2D eigenvalue weighted by atomic mass is 32.2. The van der Waals surface area contributed by atoms with Gasteiger partial charge in [0.25, 0.3) is 10.1 Å². The van der Waals surface area contributed by atoms with E-state index in [4.69, 9.17) is 15.5 Å². The third-order valence-corrected chi connectivity index (χ3v) is 4.08. The summed E-state index contributed by atoms with van der Waals surface area (Å²) in [5, 5.41) is 15.5. The average Bonchev–Trinajstić information content (AvgIpc) is 2.62. The molecular formula is C17H23N5O4S. The van der Waals surface area contributed by atoms with E-state index in [9.17, 15) is 8.42 Å². The van der Waals surface area contributed by atoms with Crippen LogP contribution >= 0.6 is 0 Å². The lowest BCUT2D eigenvalue weighted by Crippen LogP contribution is -2.27. The molecule has 27 heavy (non-hydrogen) atoms. The Morgan fingerprint density at radius 2 is 1.67 bits per heavy atom. The summed E-state index contributed by atoms with van der Waals surface area (Å²) < 4.78 is 29.6. The van der Waals surface area contributed by atoms with Crippen LogP contribution in [-0.4, -0.2) is 44.4 Å². The van der Waals surface area contributed by atoms with Crippen molar-refractivity contribution in [1.29, 1.82) is 0 Å². The SMILES string of the molecule is CN(C)c1ccc(C=NN=C(N)NO)cc1.Cc1ccc(S(=O)(=O)O)cc1. The van der Waals surface area contributed by atoms with Gasteiger partial charge in [0.15, 0.2) is 0 Å². The van der Waals surface area contributed by atoms with Crippen LogP contribution in [0.15, 0.2) is 63.6 Å². The molecule has 0 amide bonds. The number of nitrogens with one attached hydrogen (secondary N) is 1. The summed E-state index contributed by atoms with van der Waals surface area (Å²) in [6, 6.07) is 13.8. The molecule has 0 aromatic heterocycles. The first-order valence-electron chi connectivity index (χ1n) is 7.71. The molecule has 0 radical (unpaired) electrons. The van der Waals surface area contributed by atoms with Gasteiger partial charge in [-0.05, 0) is 36.8 Å². The van der Waals surface area contributed by atoms with Gasteiger partial charge in [-0.3, -0.25) is 9.76 Å². The molecule has 5 N–H and O–H groups in total. The lowest BCUT2D eigenvalue weighted by atomic mass is 10.2. The van der Waals surface area contributed by atoms with Crippen molar-refractivity contribution in [3.63, 3.8) is 0 Å². The van der Waals surface area contributed by atoms with E-state index in [0.717, 1.165) is 16.8 Å². The number of aryl methyl sites for hydroxylation is 1. The molecule has 0 aliphatic rings. The smallest absolute Gasteiger partial charge is 0.294 e. The molecule has 0 bridgehead atoms. The van der Waals surface area contributed by atoms with Gasteiger partial charge < -0.3 is 10.6 Å². The van der Waals surface area contributed by atoms with E-state index in [1.807, 2.05) is 50.2 Å². The average molecular weight is 393 g/mol. The molecule has 0 heterocycles. The summed E-state index contributed by atoms with van der Waals surface area (Å²) in [7, 11) is -0.0731. The maximum Gasteiger partial charge on any atom is 0.294 e. The first kappa shape index (κ1) is 22.1. The third-order valence-electron chi connectivity index (χ3n) is 3.22. The Balaban J connectivity index is 0.000000289. The van der Waals surface area contributed by atoms with Gasteiger partial charge in [-0.15, -0.1) is 5.10 Å². The number of benzene rings is 2. The van der Waals surface area contributed by atoms with Crippen molar-refractivity contribution in [1.82, 2.24) is 5.48 Å². The van der Waals surface area contributed by atoms with Gasteiger partial charge >= 0.3 is 0 Å². The molecule has 0 aliphatic carbocycles. The predicted molar refractivity (Wildman–Crippen MR) is 106 cm³/mol. The molecule has 0 unspecified atom stereocenters. The second kappa shape index (κ2) is 10.3. The van der Waals surface area contributed by atoms with E-state index < -0.39 is 10.1 Å². The minimum Gasteiger partial charge on any atom is -0.378 e. The molecule has 2 rings (SSSR count). The number of guanidine groups is 1. The molecule has 0 saturated heterocycles. The molecule has 2 aromatic carbocycles. The molecule has 10 heteroatoms. The zero-order chi connectivity index (χ0) is 20.4. The Labute approximate surface area is 158 Å². The number of hydrogen-bond acceptors (Lipinski definition) is 6. The number of anilines is 1. The predicted octanol–water partition coefficient (Wildman–Crippen LogP) is 1.62. The maximum atomic E-state index is 10.5. The van der Waals surface area contributed by atoms with E-state index in [2.05, 4.69) is 10.2 Å². The van der Waals surface area contributed by atoms with E-state index >= 15 is 0 Å². The summed E-state index contributed by atoms with van der Waals surface area (Å²) in [5.41, 5.74) is 9.82. The van der Waals surface area contributed by atoms with E-state index in [1.54, 1.807) is 23.8 Å². The van der Waals surface area contributed by atoms with Crippen LogP contribution in [0.3, 0.4) is 0 Å². The molecule has 0 aliphatic heterocycles. The zero-order valence-corrected chi connectivity index (χ0v) is 16.1. The summed E-state index contributed by atoms with van der Waals surface area (Å²) >= 11 is 0. The quantitative estimate of drug-likeness (QED) is 0.268. The normalized spacial score (nSPS) is 11.7.